The van der Waals surface area contributed by atoms with Gasteiger partial charge in [0, 0.05) is 17.1 Å². The average molecular weight is 312 g/mol. The van der Waals surface area contributed by atoms with Gasteiger partial charge in [0.2, 0.25) is 0 Å². The smallest absolute Gasteiger partial charge is 0.310 e. The average Bonchev–Trinajstić information content (AvgIpc) is 2.94. The summed E-state index contributed by atoms with van der Waals surface area (Å²) in [7, 11) is 0. The number of benzene rings is 1. The van der Waals surface area contributed by atoms with E-state index in [1.807, 2.05) is 24.3 Å². The van der Waals surface area contributed by atoms with Crippen molar-refractivity contribution in [3.8, 4) is 0 Å². The summed E-state index contributed by atoms with van der Waals surface area (Å²) in [5.74, 6) is -1.23. The van der Waals surface area contributed by atoms with Gasteiger partial charge < -0.3 is 9.84 Å². The molecule has 116 valence electrons. The highest BCUT2D eigenvalue weighted by molar-refractivity contribution is 6.30. The first-order valence-electron chi connectivity index (χ1n) is 7.36. The molecule has 3 unspecified atom stereocenters. The summed E-state index contributed by atoms with van der Waals surface area (Å²) in [6.45, 7) is 5.84. The molecule has 5 heteroatoms. The molecule has 2 rings (SSSR count). The summed E-state index contributed by atoms with van der Waals surface area (Å²) in [5, 5.41) is 10.1. The molecule has 0 spiro atoms. The van der Waals surface area contributed by atoms with E-state index in [2.05, 4.69) is 18.7 Å². The van der Waals surface area contributed by atoms with E-state index >= 15 is 0 Å². The van der Waals surface area contributed by atoms with E-state index in [-0.39, 0.29) is 12.1 Å². The zero-order valence-electron chi connectivity index (χ0n) is 12.5. The van der Waals surface area contributed by atoms with Crippen LogP contribution in [0, 0.1) is 5.92 Å². The molecule has 1 fully saturated rings. The van der Waals surface area contributed by atoms with E-state index in [0.29, 0.717) is 18.2 Å². The topological polar surface area (TPSA) is 49.8 Å². The molecule has 0 aromatic heterocycles. The maximum atomic E-state index is 11.4. The van der Waals surface area contributed by atoms with Gasteiger partial charge in [-0.2, -0.15) is 0 Å². The second-order valence-corrected chi connectivity index (χ2v) is 5.95. The van der Waals surface area contributed by atoms with Crippen molar-refractivity contribution < 1.29 is 14.6 Å². The fourth-order valence-corrected chi connectivity index (χ4v) is 3.07. The zero-order valence-corrected chi connectivity index (χ0v) is 13.2. The van der Waals surface area contributed by atoms with Crippen molar-refractivity contribution in [2.75, 3.05) is 19.8 Å². The van der Waals surface area contributed by atoms with Gasteiger partial charge >= 0.3 is 5.97 Å². The largest absolute Gasteiger partial charge is 0.481 e. The van der Waals surface area contributed by atoms with Crippen molar-refractivity contribution in [2.45, 2.75) is 32.4 Å². The van der Waals surface area contributed by atoms with E-state index in [0.717, 1.165) is 18.5 Å². The van der Waals surface area contributed by atoms with Crippen LogP contribution in [0.4, 0.5) is 0 Å². The first kappa shape index (κ1) is 16.3. The first-order chi connectivity index (χ1) is 10.0. The van der Waals surface area contributed by atoms with Crippen LogP contribution in [0.2, 0.25) is 5.02 Å². The van der Waals surface area contributed by atoms with Crippen molar-refractivity contribution in [1.29, 1.82) is 0 Å². The van der Waals surface area contributed by atoms with Gasteiger partial charge in [-0.15, -0.1) is 0 Å². The van der Waals surface area contributed by atoms with E-state index in [1.54, 1.807) is 0 Å². The minimum Gasteiger partial charge on any atom is -0.481 e. The molecule has 4 nitrogen and oxygen atoms in total. The summed E-state index contributed by atoms with van der Waals surface area (Å²) >= 11 is 5.94. The summed E-state index contributed by atoms with van der Waals surface area (Å²) in [5.41, 5.74) is 1.14. The Kier molecular flexibility index (Phi) is 5.62. The number of hydrogen-bond donors (Lipinski definition) is 1. The van der Waals surface area contributed by atoms with Crippen molar-refractivity contribution >= 4 is 17.6 Å². The maximum absolute atomic E-state index is 11.4. The number of ether oxygens (including phenoxy) is 1. The lowest BCUT2D eigenvalue weighted by Crippen LogP contribution is -2.44. The third-order valence-corrected chi connectivity index (χ3v) is 4.38. The second-order valence-electron chi connectivity index (χ2n) is 5.51. The highest BCUT2D eigenvalue weighted by Gasteiger charge is 2.39. The minimum absolute atomic E-state index is 0.0758. The van der Waals surface area contributed by atoms with Crippen LogP contribution in [0.15, 0.2) is 24.3 Å². The Labute approximate surface area is 130 Å². The molecule has 0 aliphatic carbocycles. The Balaban J connectivity index is 2.21. The van der Waals surface area contributed by atoms with E-state index < -0.39 is 11.9 Å². The van der Waals surface area contributed by atoms with Crippen LogP contribution in [-0.4, -0.2) is 41.8 Å². The van der Waals surface area contributed by atoms with Gasteiger partial charge in [-0.05, 0) is 37.6 Å². The number of aliphatic carboxylic acids is 1. The lowest BCUT2D eigenvalue weighted by atomic mass is 9.98. The molecule has 1 heterocycles. The third kappa shape index (κ3) is 3.76. The van der Waals surface area contributed by atoms with Crippen LogP contribution in [0.3, 0.4) is 0 Å². The Hall–Kier alpha value is -1.10. The lowest BCUT2D eigenvalue weighted by Gasteiger charge is -2.35. The lowest BCUT2D eigenvalue weighted by molar-refractivity contribution is -0.143. The quantitative estimate of drug-likeness (QED) is 0.876. The Bertz CT molecular complexity index is 477. The van der Waals surface area contributed by atoms with Crippen LogP contribution in [0.25, 0.3) is 0 Å². The summed E-state index contributed by atoms with van der Waals surface area (Å²) in [6.07, 6.45) is 0.973. The van der Waals surface area contributed by atoms with Crippen LogP contribution < -0.4 is 0 Å². The summed E-state index contributed by atoms with van der Waals surface area (Å²) < 4.78 is 5.42. The number of nitrogens with zero attached hydrogens (tertiary/aromatic N) is 1. The molecule has 1 aromatic carbocycles. The number of carbonyl (C=O) groups is 1. The van der Waals surface area contributed by atoms with Crippen molar-refractivity contribution in [3.05, 3.63) is 34.9 Å². The van der Waals surface area contributed by atoms with Crippen molar-refractivity contribution in [3.63, 3.8) is 0 Å². The number of carboxylic acids is 1. The van der Waals surface area contributed by atoms with Gasteiger partial charge in [0.15, 0.2) is 0 Å². The highest BCUT2D eigenvalue weighted by atomic mass is 35.5. The molecule has 1 aromatic rings. The molecule has 1 aliphatic rings. The molecule has 0 amide bonds. The fourth-order valence-electron chi connectivity index (χ4n) is 2.94. The van der Waals surface area contributed by atoms with Crippen LogP contribution in [0.5, 0.6) is 0 Å². The van der Waals surface area contributed by atoms with Gasteiger partial charge in [0.05, 0.1) is 19.1 Å². The van der Waals surface area contributed by atoms with E-state index in [1.165, 1.54) is 0 Å². The van der Waals surface area contributed by atoms with Gasteiger partial charge in [-0.1, -0.05) is 30.7 Å². The van der Waals surface area contributed by atoms with Crippen LogP contribution >= 0.6 is 11.6 Å². The highest BCUT2D eigenvalue weighted by Crippen LogP contribution is 2.29. The SMILES string of the molecule is CCCN(C(C)c1ccc(Cl)cc1)C1COCC1C(=O)O. The Morgan fingerprint density at radius 3 is 2.67 bits per heavy atom. The number of rotatable bonds is 6. The Morgan fingerprint density at radius 1 is 1.43 bits per heavy atom. The minimum atomic E-state index is -0.776. The number of halogens is 1. The molecule has 1 aliphatic heterocycles. The van der Waals surface area contributed by atoms with Gasteiger partial charge in [0.1, 0.15) is 0 Å². The molecule has 3 atom stereocenters. The number of hydrogen-bond acceptors (Lipinski definition) is 3. The summed E-state index contributed by atoms with van der Waals surface area (Å²) in [4.78, 5) is 13.6. The number of carboxylic acid groups (broad SMARTS) is 1. The van der Waals surface area contributed by atoms with Gasteiger partial charge in [0.25, 0.3) is 0 Å². The van der Waals surface area contributed by atoms with Crippen molar-refractivity contribution in [1.82, 2.24) is 4.90 Å². The zero-order chi connectivity index (χ0) is 15.4. The molecular formula is C16H22ClNO3. The molecule has 1 saturated heterocycles. The third-order valence-electron chi connectivity index (χ3n) is 4.13. The first-order valence-corrected chi connectivity index (χ1v) is 7.74. The molecule has 0 radical (unpaired) electrons. The molecule has 21 heavy (non-hydrogen) atoms. The normalized spacial score (nSPS) is 23.4. The standard InChI is InChI=1S/C16H22ClNO3/c1-3-8-18(15-10-21-9-14(15)16(19)20)11(2)12-4-6-13(17)7-5-12/h4-7,11,14-15H,3,8-10H2,1-2H3,(H,19,20). The predicted molar refractivity (Wildman–Crippen MR) is 82.6 cm³/mol. The van der Waals surface area contributed by atoms with E-state index in [9.17, 15) is 9.90 Å². The van der Waals surface area contributed by atoms with E-state index in [4.69, 9.17) is 16.3 Å². The van der Waals surface area contributed by atoms with Crippen LogP contribution in [0.1, 0.15) is 31.9 Å². The molecule has 0 bridgehead atoms. The second kappa shape index (κ2) is 7.25. The fraction of sp³-hybridized carbons (Fsp3) is 0.562. The summed E-state index contributed by atoms with van der Waals surface area (Å²) in [6, 6.07) is 7.81. The van der Waals surface area contributed by atoms with Gasteiger partial charge in [-0.25, -0.2) is 0 Å². The maximum Gasteiger partial charge on any atom is 0.310 e. The van der Waals surface area contributed by atoms with Crippen molar-refractivity contribution in [2.24, 2.45) is 5.92 Å². The van der Waals surface area contributed by atoms with Crippen LogP contribution in [-0.2, 0) is 9.53 Å². The molecule has 0 saturated carbocycles. The van der Waals surface area contributed by atoms with Gasteiger partial charge in [-0.3, -0.25) is 9.69 Å². The monoisotopic (exact) mass is 311 g/mol. The predicted octanol–water partition coefficient (Wildman–Crippen LogP) is 3.21. The Morgan fingerprint density at radius 2 is 2.10 bits per heavy atom. The molecule has 1 N–H and O–H groups in total. The molecular weight excluding hydrogens is 290 g/mol.